The molecule has 3 aromatic carbocycles. The van der Waals surface area contributed by atoms with Gasteiger partial charge in [0.05, 0.1) is 0 Å². The number of halogens is 1. The Bertz CT molecular complexity index is 944. The van der Waals surface area contributed by atoms with Crippen molar-refractivity contribution in [3.05, 3.63) is 102 Å². The zero-order valence-electron chi connectivity index (χ0n) is 16.8. The normalized spacial score (nSPS) is 10.4. The van der Waals surface area contributed by atoms with Crippen LogP contribution in [0.4, 0.5) is 10.1 Å². The van der Waals surface area contributed by atoms with Crippen LogP contribution in [0.15, 0.2) is 84.9 Å². The fourth-order valence-electron chi connectivity index (χ4n) is 3.16. The Labute approximate surface area is 176 Å². The molecular formula is C25H25FN2O2. The van der Waals surface area contributed by atoms with E-state index in [0.717, 1.165) is 5.56 Å². The highest BCUT2D eigenvalue weighted by molar-refractivity contribution is 6.06. The lowest BCUT2D eigenvalue weighted by Gasteiger charge is -2.23. The molecule has 0 radical (unpaired) electrons. The maximum Gasteiger partial charge on any atom is 0.258 e. The molecular weight excluding hydrogens is 379 g/mol. The highest BCUT2D eigenvalue weighted by Crippen LogP contribution is 2.18. The van der Waals surface area contributed by atoms with Gasteiger partial charge < -0.3 is 10.2 Å². The van der Waals surface area contributed by atoms with Crippen molar-refractivity contribution in [1.29, 1.82) is 0 Å². The van der Waals surface area contributed by atoms with Crippen molar-refractivity contribution in [2.75, 3.05) is 18.0 Å². The second-order valence-electron chi connectivity index (χ2n) is 6.99. The number of nitrogens with one attached hydrogen (secondary N) is 1. The Balaban J connectivity index is 1.54. The minimum Gasteiger partial charge on any atom is -0.356 e. The number of benzene rings is 3. The Kier molecular flexibility index (Phi) is 7.72. The molecule has 0 heterocycles. The van der Waals surface area contributed by atoms with E-state index < -0.39 is 0 Å². The molecule has 0 fully saturated rings. The molecule has 1 N–H and O–H groups in total. The largest absolute Gasteiger partial charge is 0.356 e. The molecule has 154 valence electrons. The number of aryl methyl sites for hydroxylation is 1. The van der Waals surface area contributed by atoms with Gasteiger partial charge in [0.2, 0.25) is 5.91 Å². The lowest BCUT2D eigenvalue weighted by Crippen LogP contribution is -2.34. The van der Waals surface area contributed by atoms with Gasteiger partial charge in [0.25, 0.3) is 5.91 Å². The molecule has 0 bridgehead atoms. The van der Waals surface area contributed by atoms with Crippen molar-refractivity contribution in [2.24, 2.45) is 0 Å². The van der Waals surface area contributed by atoms with Crippen molar-refractivity contribution in [3.8, 4) is 0 Å². The highest BCUT2D eigenvalue weighted by atomic mass is 19.1. The van der Waals surface area contributed by atoms with Crippen LogP contribution >= 0.6 is 0 Å². The minimum absolute atomic E-state index is 0.0124. The summed E-state index contributed by atoms with van der Waals surface area (Å²) in [5.74, 6) is -0.518. The number of hydrogen-bond donors (Lipinski definition) is 1. The molecule has 4 nitrogen and oxygen atoms in total. The van der Waals surface area contributed by atoms with Crippen molar-refractivity contribution in [2.45, 2.75) is 19.3 Å². The maximum absolute atomic E-state index is 13.3. The molecule has 3 aromatic rings. The Morgan fingerprint density at radius 3 is 2.13 bits per heavy atom. The second kappa shape index (κ2) is 10.9. The predicted molar refractivity (Wildman–Crippen MR) is 117 cm³/mol. The van der Waals surface area contributed by atoms with Gasteiger partial charge in [-0.3, -0.25) is 9.59 Å². The summed E-state index contributed by atoms with van der Waals surface area (Å²) in [6, 6.07) is 24.7. The van der Waals surface area contributed by atoms with Gasteiger partial charge >= 0.3 is 0 Å². The molecule has 3 rings (SSSR count). The van der Waals surface area contributed by atoms with Crippen molar-refractivity contribution < 1.29 is 14.0 Å². The van der Waals surface area contributed by atoms with E-state index in [0.29, 0.717) is 43.6 Å². The van der Waals surface area contributed by atoms with E-state index in [4.69, 9.17) is 0 Å². The lowest BCUT2D eigenvalue weighted by atomic mass is 10.1. The Morgan fingerprint density at radius 2 is 1.47 bits per heavy atom. The molecule has 0 aromatic heterocycles. The van der Waals surface area contributed by atoms with E-state index in [1.165, 1.54) is 12.1 Å². The summed E-state index contributed by atoms with van der Waals surface area (Å²) in [7, 11) is 0. The molecule has 0 aliphatic heterocycles. The Morgan fingerprint density at radius 1 is 0.833 bits per heavy atom. The quantitative estimate of drug-likeness (QED) is 0.530. The van der Waals surface area contributed by atoms with E-state index in [2.05, 4.69) is 5.32 Å². The summed E-state index contributed by atoms with van der Waals surface area (Å²) in [5, 5.41) is 2.91. The summed E-state index contributed by atoms with van der Waals surface area (Å²) < 4.78 is 13.3. The molecule has 5 heteroatoms. The number of carbonyl (C=O) groups excluding carboxylic acids is 2. The number of hydrogen-bond acceptors (Lipinski definition) is 2. The van der Waals surface area contributed by atoms with Crippen LogP contribution in [0.25, 0.3) is 0 Å². The van der Waals surface area contributed by atoms with Crippen LogP contribution in [0.3, 0.4) is 0 Å². The van der Waals surface area contributed by atoms with Crippen LogP contribution in [-0.4, -0.2) is 24.9 Å². The summed E-state index contributed by atoms with van der Waals surface area (Å²) in [6.45, 7) is 0.881. The molecule has 0 saturated carbocycles. The van der Waals surface area contributed by atoms with Gasteiger partial charge in [-0.2, -0.15) is 0 Å². The van der Waals surface area contributed by atoms with E-state index >= 15 is 0 Å². The first kappa shape index (κ1) is 21.2. The predicted octanol–water partition coefficient (Wildman–Crippen LogP) is 4.61. The van der Waals surface area contributed by atoms with Crippen molar-refractivity contribution >= 4 is 17.5 Å². The zero-order valence-corrected chi connectivity index (χ0v) is 16.8. The fourth-order valence-corrected chi connectivity index (χ4v) is 3.16. The average Bonchev–Trinajstić information content (AvgIpc) is 2.79. The third kappa shape index (κ3) is 6.27. The number of nitrogens with zero attached hydrogens (tertiary/aromatic N) is 1. The molecule has 0 saturated heterocycles. The molecule has 0 aliphatic carbocycles. The zero-order chi connectivity index (χ0) is 21.2. The molecule has 0 aliphatic rings. The van der Waals surface area contributed by atoms with E-state index in [9.17, 15) is 14.0 Å². The van der Waals surface area contributed by atoms with Crippen molar-refractivity contribution in [1.82, 2.24) is 5.32 Å². The van der Waals surface area contributed by atoms with Crippen LogP contribution in [0.1, 0.15) is 28.8 Å². The highest BCUT2D eigenvalue weighted by Gasteiger charge is 2.17. The van der Waals surface area contributed by atoms with E-state index in [1.807, 2.05) is 48.5 Å². The standard InChI is InChI=1S/C25H25FN2O2/c26-22-13-15-23(16-14-22)28(25(30)21-10-5-2-6-11-21)19-7-18-27-24(29)17-12-20-8-3-1-4-9-20/h1-6,8-11,13-16H,7,12,17-19H2,(H,27,29). The molecule has 2 amide bonds. The third-order valence-corrected chi connectivity index (χ3v) is 4.77. The Hall–Kier alpha value is -3.47. The summed E-state index contributed by atoms with van der Waals surface area (Å²) in [4.78, 5) is 26.7. The number of rotatable bonds is 9. The topological polar surface area (TPSA) is 49.4 Å². The van der Waals surface area contributed by atoms with Crippen LogP contribution < -0.4 is 10.2 Å². The first-order valence-electron chi connectivity index (χ1n) is 10.1. The summed E-state index contributed by atoms with van der Waals surface area (Å²) in [5.41, 5.74) is 2.32. The molecule has 0 atom stereocenters. The van der Waals surface area contributed by atoms with Gasteiger partial charge in [-0.15, -0.1) is 0 Å². The molecule has 0 spiro atoms. The first-order chi connectivity index (χ1) is 14.6. The van der Waals surface area contributed by atoms with Gasteiger partial charge in [0.1, 0.15) is 5.82 Å². The summed E-state index contributed by atoms with van der Waals surface area (Å²) >= 11 is 0. The van der Waals surface area contributed by atoms with Crippen LogP contribution in [0, 0.1) is 5.82 Å². The summed E-state index contributed by atoms with van der Waals surface area (Å²) in [6.07, 6.45) is 1.71. The third-order valence-electron chi connectivity index (χ3n) is 4.77. The average molecular weight is 404 g/mol. The maximum atomic E-state index is 13.3. The SMILES string of the molecule is O=C(CCc1ccccc1)NCCCN(C(=O)c1ccccc1)c1ccc(F)cc1. The van der Waals surface area contributed by atoms with Gasteiger partial charge in [-0.1, -0.05) is 48.5 Å². The van der Waals surface area contributed by atoms with Gasteiger partial charge in [-0.25, -0.2) is 4.39 Å². The number of anilines is 1. The minimum atomic E-state index is -0.350. The van der Waals surface area contributed by atoms with E-state index in [-0.39, 0.29) is 17.6 Å². The van der Waals surface area contributed by atoms with Crippen LogP contribution in [0.2, 0.25) is 0 Å². The van der Waals surface area contributed by atoms with Gasteiger partial charge in [-0.05, 0) is 54.8 Å². The smallest absolute Gasteiger partial charge is 0.258 e. The molecule has 0 unspecified atom stereocenters. The van der Waals surface area contributed by atoms with Crippen molar-refractivity contribution in [3.63, 3.8) is 0 Å². The van der Waals surface area contributed by atoms with Gasteiger partial charge in [0.15, 0.2) is 0 Å². The van der Waals surface area contributed by atoms with Crippen LogP contribution in [-0.2, 0) is 11.2 Å². The van der Waals surface area contributed by atoms with E-state index in [1.54, 1.807) is 29.2 Å². The first-order valence-corrected chi connectivity index (χ1v) is 10.1. The molecule has 30 heavy (non-hydrogen) atoms. The van der Waals surface area contributed by atoms with Gasteiger partial charge in [0, 0.05) is 30.8 Å². The second-order valence-corrected chi connectivity index (χ2v) is 6.99. The monoisotopic (exact) mass is 404 g/mol. The fraction of sp³-hybridized carbons (Fsp3) is 0.200. The number of amides is 2. The number of carbonyl (C=O) groups is 2. The van der Waals surface area contributed by atoms with Crippen LogP contribution in [0.5, 0.6) is 0 Å². The lowest BCUT2D eigenvalue weighted by molar-refractivity contribution is -0.121.